The number of benzene rings is 1. The van der Waals surface area contributed by atoms with E-state index in [1.54, 1.807) is 24.3 Å². The van der Waals surface area contributed by atoms with Gasteiger partial charge in [0.25, 0.3) is 11.1 Å². The number of aromatic nitrogens is 2. The summed E-state index contributed by atoms with van der Waals surface area (Å²) in [5, 5.41) is 6.06. The van der Waals surface area contributed by atoms with E-state index in [-0.39, 0.29) is 36.0 Å². The largest absolute Gasteiger partial charge is 0.354 e. The minimum absolute atomic E-state index is 0.102. The van der Waals surface area contributed by atoms with Gasteiger partial charge in [-0.3, -0.25) is 19.5 Å². The molecule has 0 radical (unpaired) electrons. The van der Waals surface area contributed by atoms with Crippen molar-refractivity contribution in [3.63, 3.8) is 0 Å². The van der Waals surface area contributed by atoms with Crippen molar-refractivity contribution in [2.45, 2.75) is 39.3 Å². The van der Waals surface area contributed by atoms with Crippen LogP contribution >= 0.6 is 0 Å². The summed E-state index contributed by atoms with van der Waals surface area (Å²) in [5.41, 5.74) is -0.617. The summed E-state index contributed by atoms with van der Waals surface area (Å²) in [6.45, 7) is 4.05. The molecule has 2 N–H and O–H groups in total. The number of fused-ring (bicyclic) bond motifs is 1. The Labute approximate surface area is 121 Å². The Balaban J connectivity index is 2.20. The van der Waals surface area contributed by atoms with Crippen molar-refractivity contribution in [3.05, 3.63) is 45.0 Å². The van der Waals surface area contributed by atoms with Gasteiger partial charge < -0.3 is 5.32 Å². The van der Waals surface area contributed by atoms with Crippen molar-refractivity contribution in [3.8, 4) is 0 Å². The SMILES string of the molecule is CC[C@H](C)NC(=O)CCn1[nH]c(=O)c2ccccc2c1=O. The zero-order valence-corrected chi connectivity index (χ0v) is 12.2. The lowest BCUT2D eigenvalue weighted by atomic mass is 10.2. The first-order valence-corrected chi connectivity index (χ1v) is 7.04. The third-order valence-electron chi connectivity index (χ3n) is 3.47. The molecule has 0 aliphatic rings. The van der Waals surface area contributed by atoms with E-state index in [0.29, 0.717) is 10.8 Å². The van der Waals surface area contributed by atoms with Gasteiger partial charge in [0.1, 0.15) is 0 Å². The Morgan fingerprint density at radius 2 is 1.95 bits per heavy atom. The van der Waals surface area contributed by atoms with E-state index >= 15 is 0 Å². The fraction of sp³-hybridized carbons (Fsp3) is 0.400. The number of amides is 1. The van der Waals surface area contributed by atoms with Crippen LogP contribution in [0, 0.1) is 0 Å². The van der Waals surface area contributed by atoms with E-state index in [0.717, 1.165) is 6.42 Å². The fourth-order valence-corrected chi connectivity index (χ4v) is 2.07. The maximum Gasteiger partial charge on any atom is 0.273 e. The van der Waals surface area contributed by atoms with Crippen LogP contribution in [0.2, 0.25) is 0 Å². The van der Waals surface area contributed by atoms with Crippen molar-refractivity contribution in [1.29, 1.82) is 0 Å². The average molecular weight is 289 g/mol. The maximum absolute atomic E-state index is 12.2. The summed E-state index contributed by atoms with van der Waals surface area (Å²) in [4.78, 5) is 35.9. The number of nitrogens with one attached hydrogen (secondary N) is 2. The molecule has 112 valence electrons. The fourth-order valence-electron chi connectivity index (χ4n) is 2.07. The molecule has 2 aromatic rings. The molecule has 0 saturated carbocycles. The van der Waals surface area contributed by atoms with Gasteiger partial charge in [-0.15, -0.1) is 0 Å². The molecule has 0 bridgehead atoms. The number of carbonyl (C=O) groups excluding carboxylic acids is 1. The maximum atomic E-state index is 12.2. The number of nitrogens with zero attached hydrogens (tertiary/aromatic N) is 1. The standard InChI is InChI=1S/C15H19N3O3/c1-3-10(2)16-13(19)8-9-18-15(21)12-7-5-4-6-11(12)14(20)17-18/h4-7,10H,3,8-9H2,1-2H3,(H,16,19)(H,17,20)/t10-/m0/s1. The summed E-state index contributed by atoms with van der Waals surface area (Å²) >= 11 is 0. The highest BCUT2D eigenvalue weighted by Crippen LogP contribution is 2.02. The van der Waals surface area contributed by atoms with Crippen molar-refractivity contribution < 1.29 is 4.79 Å². The first kappa shape index (κ1) is 15.0. The summed E-state index contributed by atoms with van der Waals surface area (Å²) in [5.74, 6) is -0.134. The third kappa shape index (κ3) is 3.39. The summed E-state index contributed by atoms with van der Waals surface area (Å²) in [6.07, 6.45) is 0.997. The lowest BCUT2D eigenvalue weighted by Gasteiger charge is -2.12. The Kier molecular flexibility index (Phi) is 4.57. The van der Waals surface area contributed by atoms with Crippen LogP contribution < -0.4 is 16.4 Å². The molecule has 1 aromatic carbocycles. The summed E-state index contributed by atoms with van der Waals surface area (Å²) in [6, 6.07) is 6.74. The number of carbonyl (C=O) groups is 1. The molecule has 1 atom stereocenters. The van der Waals surface area contributed by atoms with Gasteiger partial charge in [-0.05, 0) is 25.5 Å². The molecule has 0 aliphatic heterocycles. The Bertz CT molecular complexity index is 761. The molecular formula is C15H19N3O3. The number of aryl methyl sites for hydroxylation is 1. The monoisotopic (exact) mass is 289 g/mol. The van der Waals surface area contributed by atoms with E-state index in [4.69, 9.17) is 0 Å². The van der Waals surface area contributed by atoms with E-state index in [9.17, 15) is 14.4 Å². The average Bonchev–Trinajstić information content (AvgIpc) is 2.49. The number of hydrogen-bond donors (Lipinski definition) is 2. The van der Waals surface area contributed by atoms with Gasteiger partial charge in [0.15, 0.2) is 0 Å². The normalized spacial score (nSPS) is 12.3. The van der Waals surface area contributed by atoms with Crippen LogP contribution in [0.1, 0.15) is 26.7 Å². The van der Waals surface area contributed by atoms with E-state index < -0.39 is 0 Å². The van der Waals surface area contributed by atoms with Gasteiger partial charge >= 0.3 is 0 Å². The molecule has 0 aliphatic carbocycles. The molecule has 1 heterocycles. The molecule has 6 heteroatoms. The van der Waals surface area contributed by atoms with Gasteiger partial charge in [-0.2, -0.15) is 0 Å². The van der Waals surface area contributed by atoms with E-state index in [2.05, 4.69) is 10.4 Å². The van der Waals surface area contributed by atoms with E-state index in [1.165, 1.54) is 4.68 Å². The predicted molar refractivity (Wildman–Crippen MR) is 81.3 cm³/mol. The smallest absolute Gasteiger partial charge is 0.273 e. The second-order valence-electron chi connectivity index (χ2n) is 5.07. The first-order valence-electron chi connectivity index (χ1n) is 7.04. The van der Waals surface area contributed by atoms with Crippen molar-refractivity contribution in [1.82, 2.24) is 15.1 Å². The van der Waals surface area contributed by atoms with Crippen LogP contribution in [0.25, 0.3) is 10.8 Å². The highest BCUT2D eigenvalue weighted by Gasteiger charge is 2.09. The van der Waals surface area contributed by atoms with Crippen molar-refractivity contribution >= 4 is 16.7 Å². The number of rotatable bonds is 5. The molecule has 0 fully saturated rings. The van der Waals surface area contributed by atoms with Crippen LogP contribution in [-0.2, 0) is 11.3 Å². The quantitative estimate of drug-likeness (QED) is 0.861. The van der Waals surface area contributed by atoms with Crippen molar-refractivity contribution in [2.75, 3.05) is 0 Å². The molecule has 0 spiro atoms. The number of H-pyrrole nitrogens is 1. The molecule has 0 saturated heterocycles. The topological polar surface area (TPSA) is 84.0 Å². The Morgan fingerprint density at radius 3 is 2.62 bits per heavy atom. The highest BCUT2D eigenvalue weighted by molar-refractivity contribution is 5.80. The van der Waals surface area contributed by atoms with E-state index in [1.807, 2.05) is 13.8 Å². The second kappa shape index (κ2) is 6.39. The van der Waals surface area contributed by atoms with Crippen LogP contribution in [-0.4, -0.2) is 21.7 Å². The van der Waals surface area contributed by atoms with Crippen LogP contribution in [0.3, 0.4) is 0 Å². The lowest BCUT2D eigenvalue weighted by Crippen LogP contribution is -2.35. The number of hydrogen-bond acceptors (Lipinski definition) is 3. The van der Waals surface area contributed by atoms with Crippen molar-refractivity contribution in [2.24, 2.45) is 0 Å². The van der Waals surface area contributed by atoms with Gasteiger partial charge in [0.05, 0.1) is 17.3 Å². The molecule has 6 nitrogen and oxygen atoms in total. The zero-order chi connectivity index (χ0) is 15.4. The minimum Gasteiger partial charge on any atom is -0.354 e. The van der Waals surface area contributed by atoms with Crippen LogP contribution in [0.5, 0.6) is 0 Å². The first-order chi connectivity index (χ1) is 10.0. The zero-order valence-electron chi connectivity index (χ0n) is 12.2. The van der Waals surface area contributed by atoms with Gasteiger partial charge in [-0.1, -0.05) is 19.1 Å². The summed E-state index contributed by atoms with van der Waals surface area (Å²) < 4.78 is 1.20. The predicted octanol–water partition coefficient (Wildman–Crippen LogP) is 0.995. The molecule has 0 unspecified atom stereocenters. The highest BCUT2D eigenvalue weighted by atomic mass is 16.2. The molecular weight excluding hydrogens is 270 g/mol. The second-order valence-corrected chi connectivity index (χ2v) is 5.07. The molecule has 2 rings (SSSR count). The van der Waals surface area contributed by atoms with Crippen LogP contribution in [0.4, 0.5) is 0 Å². The van der Waals surface area contributed by atoms with Crippen LogP contribution in [0.15, 0.2) is 33.9 Å². The molecule has 1 aromatic heterocycles. The van der Waals surface area contributed by atoms with Gasteiger partial charge in [-0.25, -0.2) is 4.68 Å². The Hall–Kier alpha value is -2.37. The third-order valence-corrected chi connectivity index (χ3v) is 3.47. The molecule has 1 amide bonds. The Morgan fingerprint density at radius 1 is 1.29 bits per heavy atom. The molecule has 21 heavy (non-hydrogen) atoms. The number of aromatic amines is 1. The minimum atomic E-state index is -0.326. The van der Waals surface area contributed by atoms with Gasteiger partial charge in [0.2, 0.25) is 5.91 Å². The lowest BCUT2D eigenvalue weighted by molar-refractivity contribution is -0.122. The summed E-state index contributed by atoms with van der Waals surface area (Å²) in [7, 11) is 0. The van der Waals surface area contributed by atoms with Gasteiger partial charge in [0, 0.05) is 12.5 Å².